The van der Waals surface area contributed by atoms with Gasteiger partial charge in [0.2, 0.25) is 0 Å². The van der Waals surface area contributed by atoms with Crippen LogP contribution in [0, 0.1) is 27.7 Å². The van der Waals surface area contributed by atoms with Gasteiger partial charge in [0.15, 0.2) is 0 Å². The lowest BCUT2D eigenvalue weighted by Crippen LogP contribution is -2.14. The minimum absolute atomic E-state index is 0.160. The molecule has 42 heavy (non-hydrogen) atoms. The SMILES string of the molecule is Cc1cc(C(C)(C)C)c(O)c(C)c1COC(=O)CCSCCSCCC(=O)OCc1c(C)cc(C(C)(C)C)c(O)c1C. The zero-order valence-corrected chi connectivity index (χ0v) is 28.8. The highest BCUT2D eigenvalue weighted by atomic mass is 32.2. The summed E-state index contributed by atoms with van der Waals surface area (Å²) >= 11 is 3.38. The molecule has 2 rings (SSSR count). The Bertz CT molecular complexity index is 1160. The molecule has 234 valence electrons. The third-order valence-electron chi connectivity index (χ3n) is 7.44. The number of phenols is 2. The minimum atomic E-state index is -0.247. The van der Waals surface area contributed by atoms with Gasteiger partial charge in [0, 0.05) is 23.0 Å². The highest BCUT2D eigenvalue weighted by molar-refractivity contribution is 8.02. The Morgan fingerprint density at radius 2 is 0.976 bits per heavy atom. The van der Waals surface area contributed by atoms with Gasteiger partial charge < -0.3 is 19.7 Å². The fraction of sp³-hybridized carbons (Fsp3) is 0.588. The van der Waals surface area contributed by atoms with Crippen molar-refractivity contribution >= 4 is 35.5 Å². The smallest absolute Gasteiger partial charge is 0.306 e. The Kier molecular flexibility index (Phi) is 13.2. The summed E-state index contributed by atoms with van der Waals surface area (Å²) in [5.74, 6) is 3.16. The van der Waals surface area contributed by atoms with Crippen LogP contribution < -0.4 is 0 Å². The van der Waals surface area contributed by atoms with Crippen molar-refractivity contribution in [3.8, 4) is 11.5 Å². The van der Waals surface area contributed by atoms with Crippen molar-refractivity contribution in [1.82, 2.24) is 0 Å². The Morgan fingerprint density at radius 3 is 1.29 bits per heavy atom. The highest BCUT2D eigenvalue weighted by Crippen LogP contribution is 2.37. The van der Waals surface area contributed by atoms with E-state index in [4.69, 9.17) is 9.47 Å². The van der Waals surface area contributed by atoms with Gasteiger partial charge in [-0.15, -0.1) is 0 Å². The number of hydrogen-bond acceptors (Lipinski definition) is 8. The maximum absolute atomic E-state index is 12.3. The molecular formula is C34H50O6S2. The van der Waals surface area contributed by atoms with Gasteiger partial charge in [-0.2, -0.15) is 23.5 Å². The lowest BCUT2D eigenvalue weighted by molar-refractivity contribution is -0.145. The maximum atomic E-state index is 12.3. The first-order valence-electron chi connectivity index (χ1n) is 14.6. The zero-order chi connectivity index (χ0) is 31.8. The molecule has 0 heterocycles. The normalized spacial score (nSPS) is 12.0. The van der Waals surface area contributed by atoms with E-state index in [-0.39, 0.29) is 47.5 Å². The Hall–Kier alpha value is -2.32. The summed E-state index contributed by atoms with van der Waals surface area (Å²) in [4.78, 5) is 24.6. The number of ether oxygens (including phenoxy) is 2. The highest BCUT2D eigenvalue weighted by Gasteiger charge is 2.24. The number of aromatic hydroxyl groups is 2. The van der Waals surface area contributed by atoms with E-state index >= 15 is 0 Å². The van der Waals surface area contributed by atoms with Crippen LogP contribution in [0.25, 0.3) is 0 Å². The van der Waals surface area contributed by atoms with Crippen molar-refractivity contribution in [2.45, 2.75) is 106 Å². The van der Waals surface area contributed by atoms with Crippen LogP contribution >= 0.6 is 23.5 Å². The quantitative estimate of drug-likeness (QED) is 0.173. The fourth-order valence-corrected chi connectivity index (χ4v) is 6.67. The molecule has 0 aliphatic carbocycles. The summed E-state index contributed by atoms with van der Waals surface area (Å²) in [6.45, 7) is 20.4. The van der Waals surface area contributed by atoms with E-state index in [1.165, 1.54) is 0 Å². The number of esters is 2. The molecule has 0 atom stereocenters. The first-order chi connectivity index (χ1) is 19.4. The Labute approximate surface area is 261 Å². The van der Waals surface area contributed by atoms with E-state index in [1.807, 2.05) is 39.8 Å². The van der Waals surface area contributed by atoms with Gasteiger partial charge in [-0.3, -0.25) is 9.59 Å². The van der Waals surface area contributed by atoms with Crippen LogP contribution in [0.15, 0.2) is 12.1 Å². The molecule has 0 fully saturated rings. The summed E-state index contributed by atoms with van der Waals surface area (Å²) < 4.78 is 11.0. The topological polar surface area (TPSA) is 93.1 Å². The van der Waals surface area contributed by atoms with Crippen molar-refractivity contribution in [3.63, 3.8) is 0 Å². The molecule has 0 bridgehead atoms. The van der Waals surface area contributed by atoms with E-state index in [2.05, 4.69) is 41.5 Å². The molecule has 2 aromatic rings. The monoisotopic (exact) mass is 618 g/mol. The maximum Gasteiger partial charge on any atom is 0.306 e. The molecule has 0 aliphatic rings. The Balaban J connectivity index is 1.64. The van der Waals surface area contributed by atoms with Crippen LogP contribution in [-0.2, 0) is 43.1 Å². The van der Waals surface area contributed by atoms with Crippen LogP contribution in [0.3, 0.4) is 0 Å². The van der Waals surface area contributed by atoms with Gasteiger partial charge in [-0.1, -0.05) is 53.7 Å². The van der Waals surface area contributed by atoms with Gasteiger partial charge in [0.25, 0.3) is 0 Å². The predicted molar refractivity (Wildman–Crippen MR) is 176 cm³/mol. The summed E-state index contributed by atoms with van der Waals surface area (Å²) in [5, 5.41) is 21.3. The second kappa shape index (κ2) is 15.4. The minimum Gasteiger partial charge on any atom is -0.507 e. The molecule has 8 heteroatoms. The molecule has 0 amide bonds. The number of aryl methyl sites for hydroxylation is 2. The van der Waals surface area contributed by atoms with E-state index in [9.17, 15) is 19.8 Å². The van der Waals surface area contributed by atoms with Crippen molar-refractivity contribution in [3.05, 3.63) is 56.6 Å². The number of carbonyl (C=O) groups is 2. The summed E-state index contributed by atoms with van der Waals surface area (Å²) in [6, 6.07) is 3.97. The van der Waals surface area contributed by atoms with Crippen LogP contribution in [0.2, 0.25) is 0 Å². The Morgan fingerprint density at radius 1 is 0.643 bits per heavy atom. The fourth-order valence-electron chi connectivity index (χ4n) is 4.70. The number of hydrogen-bond donors (Lipinski definition) is 2. The van der Waals surface area contributed by atoms with Gasteiger partial charge >= 0.3 is 11.9 Å². The molecule has 6 nitrogen and oxygen atoms in total. The van der Waals surface area contributed by atoms with E-state index < -0.39 is 0 Å². The van der Waals surface area contributed by atoms with Crippen LogP contribution in [0.1, 0.15) is 98.9 Å². The first-order valence-corrected chi connectivity index (χ1v) is 16.9. The van der Waals surface area contributed by atoms with E-state index in [0.717, 1.165) is 56.0 Å². The molecule has 0 saturated carbocycles. The van der Waals surface area contributed by atoms with Crippen LogP contribution in [0.5, 0.6) is 11.5 Å². The lowest BCUT2D eigenvalue weighted by atomic mass is 9.83. The van der Waals surface area contributed by atoms with Crippen molar-refractivity contribution in [1.29, 1.82) is 0 Å². The van der Waals surface area contributed by atoms with Gasteiger partial charge in [0.1, 0.15) is 24.7 Å². The largest absolute Gasteiger partial charge is 0.507 e. The molecule has 2 N–H and O–H groups in total. The van der Waals surface area contributed by atoms with E-state index in [1.54, 1.807) is 23.5 Å². The van der Waals surface area contributed by atoms with Crippen LogP contribution in [0.4, 0.5) is 0 Å². The van der Waals surface area contributed by atoms with Crippen molar-refractivity contribution < 1.29 is 29.3 Å². The third-order valence-corrected chi connectivity index (χ3v) is 9.67. The molecule has 0 radical (unpaired) electrons. The van der Waals surface area contributed by atoms with Gasteiger partial charge in [-0.25, -0.2) is 0 Å². The third kappa shape index (κ3) is 10.1. The molecule has 2 aromatic carbocycles. The molecule has 0 saturated heterocycles. The standard InChI is InChI=1S/C34H50O6S2/c1-21-17-27(33(5,6)7)31(37)23(3)25(21)19-39-29(35)11-13-41-15-16-42-14-12-30(36)40-20-26-22(2)18-28(34(8,9)10)32(38)24(26)4/h17-18,37-38H,11-16,19-20H2,1-10H3. The average Bonchev–Trinajstić information content (AvgIpc) is 2.88. The van der Waals surface area contributed by atoms with Crippen molar-refractivity contribution in [2.75, 3.05) is 23.0 Å². The number of carbonyl (C=O) groups excluding carboxylic acids is 2. The van der Waals surface area contributed by atoms with Crippen LogP contribution in [-0.4, -0.2) is 45.2 Å². The second-order valence-corrected chi connectivity index (χ2v) is 15.4. The predicted octanol–water partition coefficient (Wildman–Crippen LogP) is 7.96. The molecular weight excluding hydrogens is 569 g/mol. The number of rotatable bonds is 13. The van der Waals surface area contributed by atoms with Crippen molar-refractivity contribution in [2.24, 2.45) is 0 Å². The van der Waals surface area contributed by atoms with E-state index in [0.29, 0.717) is 24.3 Å². The summed E-state index contributed by atoms with van der Waals surface area (Å²) in [6.07, 6.45) is 0.661. The molecule has 0 unspecified atom stereocenters. The first kappa shape index (κ1) is 35.9. The second-order valence-electron chi connectivity index (χ2n) is 12.9. The zero-order valence-electron chi connectivity index (χ0n) is 27.2. The molecule has 0 aromatic heterocycles. The number of benzene rings is 2. The lowest BCUT2D eigenvalue weighted by Gasteiger charge is -2.24. The number of phenolic OH excluding ortho intramolecular Hbond substituents is 2. The van der Waals surface area contributed by atoms with Gasteiger partial charge in [0.05, 0.1) is 12.8 Å². The summed E-state index contributed by atoms with van der Waals surface area (Å²) in [7, 11) is 0. The number of thioether (sulfide) groups is 2. The summed E-state index contributed by atoms with van der Waals surface area (Å²) in [5.41, 5.74) is 6.73. The molecule has 0 spiro atoms. The molecule has 0 aliphatic heterocycles. The average molecular weight is 619 g/mol. The van der Waals surface area contributed by atoms with Gasteiger partial charge in [-0.05, 0) is 83.0 Å².